The van der Waals surface area contributed by atoms with Crippen LogP contribution in [0.5, 0.6) is 5.75 Å². The van der Waals surface area contributed by atoms with E-state index in [0.29, 0.717) is 0 Å². The number of nitrogens with one attached hydrogen (secondary N) is 1. The van der Waals surface area contributed by atoms with Crippen LogP contribution in [-0.4, -0.2) is 19.7 Å². The molecule has 18 heavy (non-hydrogen) atoms. The zero-order chi connectivity index (χ0) is 13.1. The summed E-state index contributed by atoms with van der Waals surface area (Å²) in [4.78, 5) is 0. The van der Waals surface area contributed by atoms with E-state index in [4.69, 9.17) is 4.74 Å². The van der Waals surface area contributed by atoms with Crippen molar-refractivity contribution in [2.75, 3.05) is 19.7 Å². The average Bonchev–Trinajstić information content (AvgIpc) is 2.37. The zero-order valence-corrected chi connectivity index (χ0v) is 11.9. The number of hydrogen-bond acceptors (Lipinski definition) is 2. The smallest absolute Gasteiger partial charge is 0.119 e. The van der Waals surface area contributed by atoms with Crippen molar-refractivity contribution in [3.63, 3.8) is 0 Å². The van der Waals surface area contributed by atoms with Gasteiger partial charge in [0.1, 0.15) is 5.75 Å². The molecule has 0 spiro atoms. The van der Waals surface area contributed by atoms with Crippen LogP contribution in [-0.2, 0) is 0 Å². The van der Waals surface area contributed by atoms with Crippen LogP contribution in [0.15, 0.2) is 24.3 Å². The van der Waals surface area contributed by atoms with Gasteiger partial charge in [-0.1, -0.05) is 25.5 Å². The second kappa shape index (κ2) is 9.95. The summed E-state index contributed by atoms with van der Waals surface area (Å²) in [5.41, 5.74) is 1.26. The number of aryl methyl sites for hydroxylation is 1. The van der Waals surface area contributed by atoms with Crippen LogP contribution in [0.4, 0.5) is 0 Å². The van der Waals surface area contributed by atoms with E-state index in [2.05, 4.69) is 31.3 Å². The van der Waals surface area contributed by atoms with Crippen molar-refractivity contribution in [2.24, 2.45) is 0 Å². The largest absolute Gasteiger partial charge is 0.494 e. The second-order valence-electron chi connectivity index (χ2n) is 4.83. The van der Waals surface area contributed by atoms with E-state index >= 15 is 0 Å². The zero-order valence-electron chi connectivity index (χ0n) is 11.9. The number of benzene rings is 1. The Bertz CT molecular complexity index is 312. The first kappa shape index (κ1) is 15.0. The first-order valence-corrected chi connectivity index (χ1v) is 7.23. The molecular formula is C16H27NO. The highest BCUT2D eigenvalue weighted by Crippen LogP contribution is 2.12. The molecule has 102 valence electrons. The molecule has 0 unspecified atom stereocenters. The average molecular weight is 249 g/mol. The van der Waals surface area contributed by atoms with Crippen LogP contribution in [0.25, 0.3) is 0 Å². The van der Waals surface area contributed by atoms with E-state index in [1.54, 1.807) is 0 Å². The number of ether oxygens (including phenoxy) is 1. The first-order chi connectivity index (χ1) is 8.83. The normalized spacial score (nSPS) is 10.6. The van der Waals surface area contributed by atoms with Gasteiger partial charge in [-0.3, -0.25) is 0 Å². The van der Waals surface area contributed by atoms with E-state index < -0.39 is 0 Å². The van der Waals surface area contributed by atoms with Crippen molar-refractivity contribution in [1.29, 1.82) is 0 Å². The van der Waals surface area contributed by atoms with Crippen molar-refractivity contribution in [3.05, 3.63) is 29.8 Å². The van der Waals surface area contributed by atoms with Crippen molar-refractivity contribution in [1.82, 2.24) is 5.32 Å². The van der Waals surface area contributed by atoms with Gasteiger partial charge in [0.2, 0.25) is 0 Å². The van der Waals surface area contributed by atoms with Crippen molar-refractivity contribution in [2.45, 2.75) is 46.0 Å². The summed E-state index contributed by atoms with van der Waals surface area (Å²) in [6, 6.07) is 8.25. The molecule has 0 aliphatic heterocycles. The number of rotatable bonds is 10. The van der Waals surface area contributed by atoms with Crippen LogP contribution >= 0.6 is 0 Å². The summed E-state index contributed by atoms with van der Waals surface area (Å²) in [5, 5.41) is 3.46. The highest BCUT2D eigenvalue weighted by molar-refractivity contribution is 5.27. The fourth-order valence-corrected chi connectivity index (χ4v) is 1.85. The monoisotopic (exact) mass is 249 g/mol. The highest BCUT2D eigenvalue weighted by atomic mass is 16.5. The van der Waals surface area contributed by atoms with Gasteiger partial charge in [-0.25, -0.2) is 0 Å². The van der Waals surface area contributed by atoms with E-state index in [0.717, 1.165) is 31.9 Å². The van der Waals surface area contributed by atoms with Crippen molar-refractivity contribution < 1.29 is 4.74 Å². The Morgan fingerprint density at radius 3 is 2.67 bits per heavy atom. The Balaban J connectivity index is 1.92. The lowest BCUT2D eigenvalue weighted by molar-refractivity contribution is 0.304. The minimum atomic E-state index is 0.832. The maximum atomic E-state index is 5.71. The number of unbranched alkanes of at least 4 members (excludes halogenated alkanes) is 3. The quantitative estimate of drug-likeness (QED) is 0.634. The summed E-state index contributed by atoms with van der Waals surface area (Å²) in [5.74, 6) is 0.996. The van der Waals surface area contributed by atoms with E-state index in [-0.39, 0.29) is 0 Å². The SMILES string of the molecule is CCCCNCCCCCOc1cccc(C)c1. The third-order valence-corrected chi connectivity index (χ3v) is 2.96. The predicted molar refractivity (Wildman–Crippen MR) is 78.3 cm³/mol. The molecule has 2 heteroatoms. The molecule has 0 aliphatic rings. The van der Waals surface area contributed by atoms with Crippen molar-refractivity contribution >= 4 is 0 Å². The summed E-state index contributed by atoms with van der Waals surface area (Å²) < 4.78 is 5.71. The van der Waals surface area contributed by atoms with E-state index in [1.165, 1.54) is 31.2 Å². The number of hydrogen-bond donors (Lipinski definition) is 1. The molecule has 1 aromatic carbocycles. The topological polar surface area (TPSA) is 21.3 Å². The van der Waals surface area contributed by atoms with Gasteiger partial charge in [-0.2, -0.15) is 0 Å². The molecule has 1 rings (SSSR count). The summed E-state index contributed by atoms with van der Waals surface area (Å²) in [6.45, 7) is 7.46. The maximum absolute atomic E-state index is 5.71. The molecule has 1 N–H and O–H groups in total. The molecule has 0 heterocycles. The van der Waals surface area contributed by atoms with Crippen molar-refractivity contribution in [3.8, 4) is 5.75 Å². The Labute approximate surface area is 112 Å². The van der Waals surface area contributed by atoms with Gasteiger partial charge in [0, 0.05) is 0 Å². The first-order valence-electron chi connectivity index (χ1n) is 7.23. The lowest BCUT2D eigenvalue weighted by Crippen LogP contribution is -2.16. The molecule has 0 aromatic heterocycles. The summed E-state index contributed by atoms with van der Waals surface area (Å²) >= 11 is 0. The third kappa shape index (κ3) is 7.33. The lowest BCUT2D eigenvalue weighted by Gasteiger charge is -2.07. The van der Waals surface area contributed by atoms with Gasteiger partial charge in [-0.05, 0) is 63.4 Å². The highest BCUT2D eigenvalue weighted by Gasteiger charge is 1.94. The Morgan fingerprint density at radius 1 is 1.06 bits per heavy atom. The minimum absolute atomic E-state index is 0.832. The van der Waals surface area contributed by atoms with Crippen LogP contribution in [0.1, 0.15) is 44.6 Å². The molecule has 0 amide bonds. The fraction of sp³-hybridized carbons (Fsp3) is 0.625. The molecule has 0 radical (unpaired) electrons. The summed E-state index contributed by atoms with van der Waals surface area (Å²) in [7, 11) is 0. The molecular weight excluding hydrogens is 222 g/mol. The maximum Gasteiger partial charge on any atom is 0.119 e. The van der Waals surface area contributed by atoms with Crippen LogP contribution in [0.3, 0.4) is 0 Å². The van der Waals surface area contributed by atoms with Gasteiger partial charge < -0.3 is 10.1 Å². The van der Waals surface area contributed by atoms with Crippen LogP contribution in [0, 0.1) is 6.92 Å². The van der Waals surface area contributed by atoms with E-state index in [1.807, 2.05) is 12.1 Å². The van der Waals surface area contributed by atoms with E-state index in [9.17, 15) is 0 Å². The predicted octanol–water partition coefficient (Wildman–Crippen LogP) is 3.93. The second-order valence-corrected chi connectivity index (χ2v) is 4.83. The molecule has 0 atom stereocenters. The molecule has 2 nitrogen and oxygen atoms in total. The Morgan fingerprint density at radius 2 is 1.89 bits per heavy atom. The fourth-order valence-electron chi connectivity index (χ4n) is 1.85. The van der Waals surface area contributed by atoms with Crippen LogP contribution in [0.2, 0.25) is 0 Å². The molecule has 0 saturated carbocycles. The summed E-state index contributed by atoms with van der Waals surface area (Å²) in [6.07, 6.45) is 6.20. The molecule has 0 fully saturated rings. The van der Waals surface area contributed by atoms with Gasteiger partial charge in [-0.15, -0.1) is 0 Å². The minimum Gasteiger partial charge on any atom is -0.494 e. The van der Waals surface area contributed by atoms with Gasteiger partial charge in [0.15, 0.2) is 0 Å². The third-order valence-electron chi connectivity index (χ3n) is 2.96. The van der Waals surface area contributed by atoms with Gasteiger partial charge >= 0.3 is 0 Å². The Hall–Kier alpha value is -1.02. The Kier molecular flexibility index (Phi) is 8.32. The van der Waals surface area contributed by atoms with Gasteiger partial charge in [0.25, 0.3) is 0 Å². The van der Waals surface area contributed by atoms with Gasteiger partial charge in [0.05, 0.1) is 6.61 Å². The lowest BCUT2D eigenvalue weighted by atomic mass is 10.2. The molecule has 1 aromatic rings. The standard InChI is InChI=1S/C16H27NO/c1-3-4-11-17-12-6-5-7-13-18-16-10-8-9-15(2)14-16/h8-10,14,17H,3-7,11-13H2,1-2H3. The molecule has 0 bridgehead atoms. The molecule has 0 saturated heterocycles. The molecule has 0 aliphatic carbocycles. The van der Waals surface area contributed by atoms with Crippen LogP contribution < -0.4 is 10.1 Å².